The maximum absolute atomic E-state index is 11.7. The zero-order chi connectivity index (χ0) is 11.0. The van der Waals surface area contributed by atoms with E-state index in [2.05, 4.69) is 26.0 Å². The van der Waals surface area contributed by atoms with Gasteiger partial charge in [0, 0.05) is 0 Å². The molecule has 0 atom stereocenters. The van der Waals surface area contributed by atoms with Gasteiger partial charge in [-0.05, 0) is 22.4 Å². The fraction of sp³-hybridized carbons (Fsp3) is 0.333. The summed E-state index contributed by atoms with van der Waals surface area (Å²) in [6.45, 7) is 2.00. The summed E-state index contributed by atoms with van der Waals surface area (Å²) in [5.74, 6) is 0.418. The van der Waals surface area contributed by atoms with E-state index in [4.69, 9.17) is 5.73 Å². The van der Waals surface area contributed by atoms with Crippen LogP contribution in [0.4, 0.5) is 5.82 Å². The molecule has 0 bridgehead atoms. The highest BCUT2D eigenvalue weighted by Gasteiger charge is 2.11. The van der Waals surface area contributed by atoms with Gasteiger partial charge >= 0.3 is 0 Å². The molecule has 0 saturated heterocycles. The van der Waals surface area contributed by atoms with Crippen LogP contribution in [0.25, 0.3) is 5.65 Å². The number of halogens is 1. The van der Waals surface area contributed by atoms with Gasteiger partial charge in [0.25, 0.3) is 5.56 Å². The average Bonchev–Trinajstić information content (AvgIpc) is 2.55. The van der Waals surface area contributed by atoms with E-state index in [0.717, 1.165) is 10.9 Å². The quantitative estimate of drug-likeness (QED) is 0.864. The minimum atomic E-state index is -0.136. The first-order chi connectivity index (χ1) is 7.15. The second-order valence-electron chi connectivity index (χ2n) is 3.32. The van der Waals surface area contributed by atoms with Crippen LogP contribution in [0.5, 0.6) is 0 Å². The van der Waals surface area contributed by atoms with E-state index in [1.807, 2.05) is 6.92 Å². The molecule has 0 aromatic carbocycles. The predicted octanol–water partition coefficient (Wildman–Crippen LogP) is 1.32. The summed E-state index contributed by atoms with van der Waals surface area (Å²) in [6, 6.07) is 0. The topological polar surface area (TPSA) is 76.2 Å². The Labute approximate surface area is 94.4 Å². The molecule has 0 spiro atoms. The predicted molar refractivity (Wildman–Crippen MR) is 61.9 cm³/mol. The highest BCUT2D eigenvalue weighted by molar-refractivity contribution is 9.10. The monoisotopic (exact) mass is 270 g/mol. The Morgan fingerprint density at radius 1 is 1.67 bits per heavy atom. The molecule has 2 rings (SSSR count). The lowest BCUT2D eigenvalue weighted by molar-refractivity contribution is 0.861. The summed E-state index contributed by atoms with van der Waals surface area (Å²) in [5.41, 5.74) is 6.94. The lowest BCUT2D eigenvalue weighted by Crippen LogP contribution is -2.19. The summed E-state index contributed by atoms with van der Waals surface area (Å²) in [6.07, 6.45) is 3.15. The van der Waals surface area contributed by atoms with Crippen molar-refractivity contribution in [3.05, 3.63) is 26.6 Å². The van der Waals surface area contributed by atoms with Gasteiger partial charge in [-0.3, -0.25) is 4.79 Å². The molecule has 0 fully saturated rings. The van der Waals surface area contributed by atoms with Crippen LogP contribution in [-0.4, -0.2) is 14.6 Å². The molecule has 15 heavy (non-hydrogen) atoms. The molecule has 3 N–H and O–H groups in total. The van der Waals surface area contributed by atoms with Crippen LogP contribution in [0, 0.1) is 0 Å². The van der Waals surface area contributed by atoms with E-state index in [-0.39, 0.29) is 5.56 Å². The van der Waals surface area contributed by atoms with E-state index in [0.29, 0.717) is 23.4 Å². The third kappa shape index (κ3) is 1.54. The lowest BCUT2D eigenvalue weighted by atomic mass is 10.2. The normalized spacial score (nSPS) is 11.1. The molecule has 0 aliphatic heterocycles. The lowest BCUT2D eigenvalue weighted by Gasteiger charge is -2.05. The zero-order valence-corrected chi connectivity index (χ0v) is 9.84. The minimum Gasteiger partial charge on any atom is -0.383 e. The van der Waals surface area contributed by atoms with Crippen LogP contribution in [0.3, 0.4) is 0 Å². The van der Waals surface area contributed by atoms with Crippen molar-refractivity contribution >= 4 is 27.4 Å². The van der Waals surface area contributed by atoms with Gasteiger partial charge in [-0.15, -0.1) is 0 Å². The Morgan fingerprint density at radius 2 is 2.40 bits per heavy atom. The Balaban J connectivity index is 2.79. The highest BCUT2D eigenvalue weighted by atomic mass is 79.9. The number of nitrogens with two attached hydrogens (primary N) is 1. The number of aromatic nitrogens is 3. The van der Waals surface area contributed by atoms with E-state index >= 15 is 0 Å². The second-order valence-corrected chi connectivity index (χ2v) is 4.18. The van der Waals surface area contributed by atoms with Crippen molar-refractivity contribution < 1.29 is 0 Å². The largest absolute Gasteiger partial charge is 0.383 e. The standard InChI is InChI=1S/C9H11BrN4O/c1-2-3-5-7(11)14-8(13-9(5)15)6(10)4-12-14/h4H,2-3,11H2,1H3,(H,13,15). The summed E-state index contributed by atoms with van der Waals surface area (Å²) in [4.78, 5) is 14.4. The molecule has 0 radical (unpaired) electrons. The van der Waals surface area contributed by atoms with Crippen LogP contribution in [0.2, 0.25) is 0 Å². The molecule has 6 heteroatoms. The van der Waals surface area contributed by atoms with Crippen LogP contribution >= 0.6 is 15.9 Å². The third-order valence-electron chi connectivity index (χ3n) is 2.27. The van der Waals surface area contributed by atoms with E-state index in [9.17, 15) is 4.79 Å². The molecule has 0 unspecified atom stereocenters. The molecule has 0 aliphatic carbocycles. The van der Waals surface area contributed by atoms with E-state index < -0.39 is 0 Å². The molecule has 5 nitrogen and oxygen atoms in total. The summed E-state index contributed by atoms with van der Waals surface area (Å²) in [7, 11) is 0. The third-order valence-corrected chi connectivity index (χ3v) is 2.85. The van der Waals surface area contributed by atoms with Gasteiger partial charge < -0.3 is 10.7 Å². The SMILES string of the molecule is CCCc1c(N)n2ncc(Br)c2[nH]c1=O. The maximum atomic E-state index is 11.7. The number of aromatic amines is 1. The molecular weight excluding hydrogens is 260 g/mol. The van der Waals surface area contributed by atoms with Crippen molar-refractivity contribution in [2.24, 2.45) is 0 Å². The first-order valence-corrected chi connectivity index (χ1v) is 5.48. The Bertz CT molecular complexity index is 557. The van der Waals surface area contributed by atoms with Crippen molar-refractivity contribution in [2.45, 2.75) is 19.8 Å². The van der Waals surface area contributed by atoms with Gasteiger partial charge in [0.1, 0.15) is 5.82 Å². The zero-order valence-electron chi connectivity index (χ0n) is 8.25. The number of anilines is 1. The molecule has 80 valence electrons. The first kappa shape index (κ1) is 10.2. The molecule has 0 aliphatic rings. The van der Waals surface area contributed by atoms with Crippen LogP contribution < -0.4 is 11.3 Å². The van der Waals surface area contributed by atoms with Gasteiger partial charge in [0.05, 0.1) is 16.2 Å². The number of nitrogen functional groups attached to an aromatic ring is 1. The fourth-order valence-corrected chi connectivity index (χ4v) is 1.90. The van der Waals surface area contributed by atoms with Crippen molar-refractivity contribution in [1.29, 1.82) is 0 Å². The molecule has 2 aromatic heterocycles. The molecule has 2 aromatic rings. The number of hydrogen-bond donors (Lipinski definition) is 2. The van der Waals surface area contributed by atoms with Gasteiger partial charge in [0.2, 0.25) is 0 Å². The van der Waals surface area contributed by atoms with Crippen molar-refractivity contribution in [2.75, 3.05) is 5.73 Å². The van der Waals surface area contributed by atoms with Crippen molar-refractivity contribution in [3.63, 3.8) is 0 Å². The fourth-order valence-electron chi connectivity index (χ4n) is 1.54. The Hall–Kier alpha value is -1.30. The highest BCUT2D eigenvalue weighted by Crippen LogP contribution is 2.18. The van der Waals surface area contributed by atoms with Gasteiger partial charge in [-0.2, -0.15) is 9.61 Å². The smallest absolute Gasteiger partial charge is 0.256 e. The van der Waals surface area contributed by atoms with Gasteiger partial charge in [-0.1, -0.05) is 13.3 Å². The summed E-state index contributed by atoms with van der Waals surface area (Å²) >= 11 is 3.29. The Morgan fingerprint density at radius 3 is 3.07 bits per heavy atom. The van der Waals surface area contributed by atoms with Crippen molar-refractivity contribution in [1.82, 2.24) is 14.6 Å². The van der Waals surface area contributed by atoms with Gasteiger partial charge in [0.15, 0.2) is 5.65 Å². The number of fused-ring (bicyclic) bond motifs is 1. The summed E-state index contributed by atoms with van der Waals surface area (Å²) < 4.78 is 2.27. The van der Waals surface area contributed by atoms with Crippen LogP contribution in [0.1, 0.15) is 18.9 Å². The van der Waals surface area contributed by atoms with Crippen LogP contribution in [-0.2, 0) is 6.42 Å². The maximum Gasteiger partial charge on any atom is 0.256 e. The number of nitrogens with one attached hydrogen (secondary N) is 1. The van der Waals surface area contributed by atoms with Crippen LogP contribution in [0.15, 0.2) is 15.5 Å². The van der Waals surface area contributed by atoms with E-state index in [1.165, 1.54) is 4.52 Å². The number of hydrogen-bond acceptors (Lipinski definition) is 3. The molecule has 0 saturated carbocycles. The van der Waals surface area contributed by atoms with Gasteiger partial charge in [-0.25, -0.2) is 0 Å². The molecular formula is C9H11BrN4O. The minimum absolute atomic E-state index is 0.136. The average molecular weight is 271 g/mol. The van der Waals surface area contributed by atoms with E-state index in [1.54, 1.807) is 6.20 Å². The number of H-pyrrole nitrogens is 1. The second kappa shape index (κ2) is 3.69. The first-order valence-electron chi connectivity index (χ1n) is 4.69. The Kier molecular flexibility index (Phi) is 2.52. The molecule has 2 heterocycles. The molecule has 0 amide bonds. The summed E-state index contributed by atoms with van der Waals surface area (Å²) in [5, 5.41) is 4.08. The number of rotatable bonds is 2. The van der Waals surface area contributed by atoms with Crippen molar-refractivity contribution in [3.8, 4) is 0 Å². The number of nitrogens with zero attached hydrogens (tertiary/aromatic N) is 2.